The van der Waals surface area contributed by atoms with E-state index < -0.39 is 27.5 Å². The van der Waals surface area contributed by atoms with Crippen molar-refractivity contribution in [2.75, 3.05) is 53.0 Å². The minimum absolute atomic E-state index is 0.0188. The molecule has 0 N–H and O–H groups in total. The number of allylic oxidation sites excluding steroid dienone is 2. The van der Waals surface area contributed by atoms with E-state index in [1.807, 2.05) is 6.08 Å². The van der Waals surface area contributed by atoms with Crippen LogP contribution in [0.15, 0.2) is 40.2 Å². The molecule has 5 fully saturated rings. The van der Waals surface area contributed by atoms with Gasteiger partial charge < -0.3 is 23.8 Å². The number of aliphatic imine (C=N–C) groups is 1. The molecule has 6 rings (SSSR count). The normalized spacial score (nSPS) is 32.0. The van der Waals surface area contributed by atoms with Crippen LogP contribution < -0.4 is 0 Å². The van der Waals surface area contributed by atoms with Gasteiger partial charge in [0, 0.05) is 49.5 Å². The molecule has 6 aliphatic rings. The van der Waals surface area contributed by atoms with Crippen molar-refractivity contribution in [3.05, 3.63) is 35.2 Å². The summed E-state index contributed by atoms with van der Waals surface area (Å²) in [7, 11) is -3.78. The molecule has 9 nitrogen and oxygen atoms in total. The average Bonchev–Trinajstić information content (AvgIpc) is 3.83. The summed E-state index contributed by atoms with van der Waals surface area (Å²) in [5.41, 5.74) is -3.95. The number of nitrogens with zero attached hydrogens (tertiary/aromatic N) is 3. The number of fused-ring (bicyclic) bond motifs is 3. The van der Waals surface area contributed by atoms with E-state index in [4.69, 9.17) is 18.9 Å². The first-order valence-corrected chi connectivity index (χ1v) is 16.0. The lowest BCUT2D eigenvalue weighted by Gasteiger charge is -2.48. The average molecular weight is 620 g/mol. The topological polar surface area (TPSA) is 89.9 Å². The van der Waals surface area contributed by atoms with E-state index in [0.717, 1.165) is 43.8 Å². The predicted molar refractivity (Wildman–Crippen MR) is 144 cm³/mol. The largest absolute Gasteiger partial charge is 0.511 e. The van der Waals surface area contributed by atoms with Gasteiger partial charge in [-0.05, 0) is 50.5 Å². The van der Waals surface area contributed by atoms with Gasteiger partial charge in [-0.15, -0.1) is 0 Å². The molecule has 14 heteroatoms. The van der Waals surface area contributed by atoms with Gasteiger partial charge in [0.25, 0.3) is 0 Å². The Morgan fingerprint density at radius 1 is 1.19 bits per heavy atom. The third-order valence-corrected chi connectivity index (χ3v) is 11.0. The summed E-state index contributed by atoms with van der Waals surface area (Å²) in [6, 6.07) is 0. The highest BCUT2D eigenvalue weighted by atomic mass is 32.2. The highest BCUT2D eigenvalue weighted by Gasteiger charge is 2.52. The van der Waals surface area contributed by atoms with E-state index in [1.165, 1.54) is 0 Å². The standard InChI is InChI=1S/C28H37F4N3O6S/c1-27(6-7-27)41-23(16-38-2)34-12-17-14-39-15-18(13-34)21(17)11-22-20-3-8-33-26(25(29)24(20)22)40-19-4-9-35(10-5-19)42(36,37)28(30,31)32/h3,16-19,21-22H,4-15H2,1-2H3/b23-16-. The summed E-state index contributed by atoms with van der Waals surface area (Å²) in [4.78, 5) is 6.47. The predicted octanol–water partition coefficient (Wildman–Crippen LogP) is 4.11. The molecular formula is C28H37F4N3O6S. The van der Waals surface area contributed by atoms with Crippen molar-refractivity contribution in [3.8, 4) is 0 Å². The molecule has 0 amide bonds. The van der Waals surface area contributed by atoms with Crippen molar-refractivity contribution < 1.29 is 44.9 Å². The summed E-state index contributed by atoms with van der Waals surface area (Å²) < 4.78 is 102. The van der Waals surface area contributed by atoms with E-state index >= 15 is 4.39 Å². The van der Waals surface area contributed by atoms with Gasteiger partial charge in [-0.3, -0.25) is 0 Å². The summed E-state index contributed by atoms with van der Waals surface area (Å²) in [5.74, 6) is 0.900. The highest BCUT2D eigenvalue weighted by molar-refractivity contribution is 7.90. The SMILES string of the molecule is CO/C=C(\OC1(C)CC1)N1CC2COCC(C1)C2CC1C2=CCN=C(OC3CCN(S(=O)(=O)C(F)(F)F)CC3)C(F)=C21. The second-order valence-corrected chi connectivity index (χ2v) is 14.3. The Labute approximate surface area is 243 Å². The molecule has 2 saturated carbocycles. The minimum atomic E-state index is -5.39. The van der Waals surface area contributed by atoms with Crippen molar-refractivity contribution in [2.24, 2.45) is 28.7 Å². The molecule has 0 aromatic heterocycles. The Hall–Kier alpha value is -2.32. The van der Waals surface area contributed by atoms with Crippen molar-refractivity contribution in [2.45, 2.75) is 56.2 Å². The van der Waals surface area contributed by atoms with Crippen LogP contribution in [0.25, 0.3) is 0 Å². The summed E-state index contributed by atoms with van der Waals surface area (Å²) in [5, 5.41) is 0. The molecule has 3 saturated heterocycles. The van der Waals surface area contributed by atoms with E-state index in [9.17, 15) is 21.6 Å². The molecule has 234 valence electrons. The van der Waals surface area contributed by atoms with E-state index in [-0.39, 0.29) is 61.7 Å². The lowest BCUT2D eigenvalue weighted by Crippen LogP contribution is -2.52. The van der Waals surface area contributed by atoms with Crippen molar-refractivity contribution in [1.29, 1.82) is 0 Å². The van der Waals surface area contributed by atoms with Crippen LogP contribution in [0.5, 0.6) is 0 Å². The Balaban J connectivity index is 1.08. The molecule has 0 spiro atoms. The number of ether oxygens (including phenoxy) is 4. The number of alkyl halides is 3. The maximum atomic E-state index is 15.7. The van der Waals surface area contributed by atoms with Crippen molar-refractivity contribution in [1.82, 2.24) is 9.21 Å². The van der Waals surface area contributed by atoms with Crippen LogP contribution >= 0.6 is 0 Å². The fourth-order valence-corrected chi connectivity index (χ4v) is 7.70. The molecular weight excluding hydrogens is 582 g/mol. The Morgan fingerprint density at radius 3 is 2.45 bits per heavy atom. The highest BCUT2D eigenvalue weighted by Crippen LogP contribution is 2.55. The summed E-state index contributed by atoms with van der Waals surface area (Å²) in [6.07, 6.45) is 5.84. The number of sulfonamides is 1. The summed E-state index contributed by atoms with van der Waals surface area (Å²) >= 11 is 0. The van der Waals surface area contributed by atoms with Crippen LogP contribution in [-0.4, -0.2) is 93.8 Å². The monoisotopic (exact) mass is 619 g/mol. The first kappa shape index (κ1) is 29.7. The molecule has 4 aliphatic heterocycles. The summed E-state index contributed by atoms with van der Waals surface area (Å²) in [6.45, 7) is 4.43. The Morgan fingerprint density at radius 2 is 1.86 bits per heavy atom. The Bertz CT molecular complexity index is 1290. The van der Waals surface area contributed by atoms with E-state index in [0.29, 0.717) is 29.0 Å². The smallest absolute Gasteiger partial charge is 0.499 e. The zero-order chi connectivity index (χ0) is 29.9. The molecule has 0 aromatic carbocycles. The third kappa shape index (κ3) is 5.78. The molecule has 0 radical (unpaired) electrons. The second kappa shape index (κ2) is 11.0. The van der Waals surface area contributed by atoms with Crippen LogP contribution in [0.4, 0.5) is 17.6 Å². The first-order valence-electron chi connectivity index (χ1n) is 14.5. The zero-order valence-corrected chi connectivity index (χ0v) is 24.6. The van der Waals surface area contributed by atoms with Gasteiger partial charge in [-0.1, -0.05) is 6.08 Å². The van der Waals surface area contributed by atoms with Crippen LogP contribution in [0.2, 0.25) is 0 Å². The van der Waals surface area contributed by atoms with Gasteiger partial charge in [-0.25, -0.2) is 17.8 Å². The molecule has 2 bridgehead atoms. The van der Waals surface area contributed by atoms with Gasteiger partial charge in [-0.2, -0.15) is 17.5 Å². The number of rotatable bonds is 8. The van der Waals surface area contributed by atoms with Gasteiger partial charge in [0.15, 0.2) is 5.83 Å². The number of halogens is 4. The van der Waals surface area contributed by atoms with Gasteiger partial charge >= 0.3 is 15.5 Å². The van der Waals surface area contributed by atoms with Crippen LogP contribution in [-0.2, 0) is 29.0 Å². The van der Waals surface area contributed by atoms with Gasteiger partial charge in [0.05, 0.1) is 26.9 Å². The fraction of sp³-hybridized carbons (Fsp3) is 0.750. The molecule has 4 heterocycles. The van der Waals surface area contributed by atoms with Gasteiger partial charge in [0.1, 0.15) is 18.0 Å². The molecule has 2 aliphatic carbocycles. The van der Waals surface area contributed by atoms with Crippen LogP contribution in [0, 0.1) is 23.7 Å². The molecule has 3 unspecified atom stereocenters. The van der Waals surface area contributed by atoms with E-state index in [1.54, 1.807) is 13.4 Å². The fourth-order valence-electron chi connectivity index (χ4n) is 6.71. The Kier molecular flexibility index (Phi) is 7.78. The quantitative estimate of drug-likeness (QED) is 0.299. The number of hydrogen-bond donors (Lipinski definition) is 0. The molecule has 42 heavy (non-hydrogen) atoms. The lowest BCUT2D eigenvalue weighted by atomic mass is 9.73. The number of piperidine rings is 2. The third-order valence-electron chi connectivity index (χ3n) is 9.36. The second-order valence-electron chi connectivity index (χ2n) is 12.4. The molecule has 0 aromatic rings. The minimum Gasteiger partial charge on any atom is -0.499 e. The van der Waals surface area contributed by atoms with Crippen LogP contribution in [0.1, 0.15) is 39.0 Å². The van der Waals surface area contributed by atoms with Crippen LogP contribution in [0.3, 0.4) is 0 Å². The van der Waals surface area contributed by atoms with E-state index in [2.05, 4.69) is 16.8 Å². The van der Waals surface area contributed by atoms with Gasteiger partial charge in [0.2, 0.25) is 11.8 Å². The zero-order valence-electron chi connectivity index (χ0n) is 23.7. The maximum Gasteiger partial charge on any atom is 0.511 e. The number of hydrogen-bond acceptors (Lipinski definition) is 8. The van der Waals surface area contributed by atoms with Crippen molar-refractivity contribution >= 4 is 15.9 Å². The number of likely N-dealkylation sites (tertiary alicyclic amines) is 1. The molecule has 3 atom stereocenters. The van der Waals surface area contributed by atoms with Crippen molar-refractivity contribution in [3.63, 3.8) is 0 Å². The maximum absolute atomic E-state index is 15.7. The first-order chi connectivity index (χ1) is 19.9. The number of methoxy groups -OCH3 is 1. The lowest BCUT2D eigenvalue weighted by molar-refractivity contribution is -0.0974.